The van der Waals surface area contributed by atoms with Crippen LogP contribution in [0.15, 0.2) is 12.3 Å². The second-order valence-electron chi connectivity index (χ2n) is 3.28. The Bertz CT molecular complexity index is 351. The minimum atomic E-state index is -0.462. The number of hydrogen-bond donors (Lipinski definition) is 3. The summed E-state index contributed by atoms with van der Waals surface area (Å²) in [5, 5.41) is 3.04. The van der Waals surface area contributed by atoms with Gasteiger partial charge in [-0.15, -0.1) is 0 Å². The fourth-order valence-corrected chi connectivity index (χ4v) is 1.31. The summed E-state index contributed by atoms with van der Waals surface area (Å²) < 4.78 is 0. The number of hydrogen-bond acceptors (Lipinski definition) is 4. The van der Waals surface area contributed by atoms with Gasteiger partial charge in [0.25, 0.3) is 5.91 Å². The quantitative estimate of drug-likeness (QED) is 0.604. The Kier molecular flexibility index (Phi) is 4.05. The number of nitrogens with one attached hydrogen (secondary N) is 1. The molecule has 1 rings (SSSR count). The van der Waals surface area contributed by atoms with Gasteiger partial charge in [-0.3, -0.25) is 4.79 Å². The minimum absolute atomic E-state index is 0.453. The first-order valence-corrected chi connectivity index (χ1v) is 4.86. The van der Waals surface area contributed by atoms with Crippen LogP contribution < -0.4 is 16.8 Å². The molecular formula is C10H16N4O. The molecule has 1 heterocycles. The molecule has 0 saturated heterocycles. The van der Waals surface area contributed by atoms with Crippen molar-refractivity contribution < 1.29 is 4.79 Å². The zero-order valence-electron chi connectivity index (χ0n) is 8.79. The Morgan fingerprint density at radius 1 is 1.60 bits per heavy atom. The summed E-state index contributed by atoms with van der Waals surface area (Å²) in [6.45, 7) is 3.12. The number of aryl methyl sites for hydroxylation is 1. The van der Waals surface area contributed by atoms with Gasteiger partial charge in [0.1, 0.15) is 5.82 Å². The van der Waals surface area contributed by atoms with Crippen molar-refractivity contribution in [3.05, 3.63) is 23.4 Å². The first-order chi connectivity index (χ1) is 7.16. The van der Waals surface area contributed by atoms with Gasteiger partial charge in [-0.1, -0.05) is 0 Å². The molecular weight excluding hydrogens is 192 g/mol. The number of carbonyl (C=O) groups excluding carboxylic acids is 1. The number of carbonyl (C=O) groups is 1. The Labute approximate surface area is 88.9 Å². The maximum atomic E-state index is 11.2. The van der Waals surface area contributed by atoms with Crippen LogP contribution in [0.2, 0.25) is 0 Å². The minimum Gasteiger partial charge on any atom is -0.369 e. The third-order valence-corrected chi connectivity index (χ3v) is 2.08. The van der Waals surface area contributed by atoms with Gasteiger partial charge in [0, 0.05) is 12.7 Å². The van der Waals surface area contributed by atoms with E-state index in [1.807, 2.05) is 6.92 Å². The van der Waals surface area contributed by atoms with E-state index in [0.29, 0.717) is 24.5 Å². The van der Waals surface area contributed by atoms with Gasteiger partial charge in [0.15, 0.2) is 0 Å². The van der Waals surface area contributed by atoms with Gasteiger partial charge in [0.2, 0.25) is 0 Å². The topological polar surface area (TPSA) is 94.0 Å². The Morgan fingerprint density at radius 3 is 2.93 bits per heavy atom. The van der Waals surface area contributed by atoms with Gasteiger partial charge in [0.05, 0.1) is 5.56 Å². The number of nitrogens with zero attached hydrogens (tertiary/aromatic N) is 1. The summed E-state index contributed by atoms with van der Waals surface area (Å²) in [6, 6.07) is 1.76. The van der Waals surface area contributed by atoms with Crippen molar-refractivity contribution in [1.29, 1.82) is 0 Å². The second-order valence-corrected chi connectivity index (χ2v) is 3.28. The van der Waals surface area contributed by atoms with Crippen molar-refractivity contribution in [2.75, 3.05) is 18.4 Å². The smallest absolute Gasteiger partial charge is 0.252 e. The van der Waals surface area contributed by atoms with Crippen molar-refractivity contribution in [2.45, 2.75) is 13.3 Å². The molecule has 0 aliphatic heterocycles. The summed E-state index contributed by atoms with van der Waals surface area (Å²) in [6.07, 6.45) is 2.47. The molecule has 1 amide bonds. The average Bonchev–Trinajstić information content (AvgIpc) is 2.17. The largest absolute Gasteiger partial charge is 0.369 e. The van der Waals surface area contributed by atoms with Crippen LogP contribution in [0, 0.1) is 6.92 Å². The van der Waals surface area contributed by atoms with Crippen LogP contribution in [0.1, 0.15) is 22.3 Å². The summed E-state index contributed by atoms with van der Waals surface area (Å²) in [7, 11) is 0. The molecule has 1 aromatic rings. The van der Waals surface area contributed by atoms with E-state index in [1.54, 1.807) is 12.3 Å². The monoisotopic (exact) mass is 208 g/mol. The number of nitrogens with two attached hydrogens (primary N) is 2. The van der Waals surface area contributed by atoms with Crippen LogP contribution in [0.25, 0.3) is 0 Å². The lowest BCUT2D eigenvalue weighted by atomic mass is 10.1. The van der Waals surface area contributed by atoms with Gasteiger partial charge in [-0.2, -0.15) is 0 Å². The van der Waals surface area contributed by atoms with E-state index in [-0.39, 0.29) is 0 Å². The van der Waals surface area contributed by atoms with Gasteiger partial charge in [-0.05, 0) is 31.5 Å². The van der Waals surface area contributed by atoms with Crippen molar-refractivity contribution in [3.8, 4) is 0 Å². The first kappa shape index (κ1) is 11.5. The van der Waals surface area contributed by atoms with Crippen LogP contribution in [0.4, 0.5) is 5.82 Å². The lowest BCUT2D eigenvalue weighted by Gasteiger charge is -2.10. The number of anilines is 1. The molecule has 0 aromatic carbocycles. The van der Waals surface area contributed by atoms with E-state index in [2.05, 4.69) is 10.3 Å². The summed E-state index contributed by atoms with van der Waals surface area (Å²) in [5.41, 5.74) is 11.9. The number of pyridine rings is 1. The van der Waals surface area contributed by atoms with E-state index in [0.717, 1.165) is 12.0 Å². The molecule has 5 heteroatoms. The van der Waals surface area contributed by atoms with Gasteiger partial charge in [-0.25, -0.2) is 4.98 Å². The van der Waals surface area contributed by atoms with E-state index in [9.17, 15) is 4.79 Å². The molecule has 82 valence electrons. The first-order valence-electron chi connectivity index (χ1n) is 4.86. The fraction of sp³-hybridized carbons (Fsp3) is 0.400. The maximum absolute atomic E-state index is 11.2. The van der Waals surface area contributed by atoms with E-state index < -0.39 is 5.91 Å². The highest BCUT2D eigenvalue weighted by Crippen LogP contribution is 2.15. The van der Waals surface area contributed by atoms with E-state index in [4.69, 9.17) is 11.5 Å². The van der Waals surface area contributed by atoms with Crippen molar-refractivity contribution in [2.24, 2.45) is 11.5 Å². The number of amides is 1. The molecule has 0 saturated carbocycles. The third kappa shape index (κ3) is 2.92. The van der Waals surface area contributed by atoms with Gasteiger partial charge >= 0.3 is 0 Å². The summed E-state index contributed by atoms with van der Waals surface area (Å²) in [5.74, 6) is 0.0757. The van der Waals surface area contributed by atoms with Crippen LogP contribution in [-0.2, 0) is 0 Å². The molecule has 0 spiro atoms. The van der Waals surface area contributed by atoms with Crippen molar-refractivity contribution in [3.63, 3.8) is 0 Å². The van der Waals surface area contributed by atoms with Gasteiger partial charge < -0.3 is 16.8 Å². The highest BCUT2D eigenvalue weighted by Gasteiger charge is 2.11. The molecule has 0 fully saturated rings. The SMILES string of the molecule is Cc1ccnc(NCCCN)c1C(N)=O. The Morgan fingerprint density at radius 2 is 2.33 bits per heavy atom. The lowest BCUT2D eigenvalue weighted by molar-refractivity contribution is 0.1000. The van der Waals surface area contributed by atoms with E-state index in [1.165, 1.54) is 0 Å². The van der Waals surface area contributed by atoms with E-state index >= 15 is 0 Å². The predicted molar refractivity (Wildman–Crippen MR) is 59.7 cm³/mol. The van der Waals surface area contributed by atoms with Crippen molar-refractivity contribution in [1.82, 2.24) is 4.98 Å². The molecule has 0 radical (unpaired) electrons. The highest BCUT2D eigenvalue weighted by molar-refractivity contribution is 5.98. The van der Waals surface area contributed by atoms with Crippen LogP contribution in [0.3, 0.4) is 0 Å². The molecule has 0 aliphatic rings. The zero-order valence-corrected chi connectivity index (χ0v) is 8.79. The van der Waals surface area contributed by atoms with Crippen LogP contribution in [-0.4, -0.2) is 24.0 Å². The standard InChI is InChI=1S/C10H16N4O/c1-7-3-6-14-10(8(7)9(12)15)13-5-2-4-11/h3,6H,2,4-5,11H2,1H3,(H2,12,15)(H,13,14). The van der Waals surface area contributed by atoms with Crippen molar-refractivity contribution >= 4 is 11.7 Å². The fourth-order valence-electron chi connectivity index (χ4n) is 1.31. The summed E-state index contributed by atoms with van der Waals surface area (Å²) in [4.78, 5) is 15.3. The molecule has 5 nitrogen and oxygen atoms in total. The maximum Gasteiger partial charge on any atom is 0.252 e. The third-order valence-electron chi connectivity index (χ3n) is 2.08. The Balaban J connectivity index is 2.86. The molecule has 0 bridgehead atoms. The van der Waals surface area contributed by atoms with Crippen LogP contribution in [0.5, 0.6) is 0 Å². The van der Waals surface area contributed by atoms with Crippen LogP contribution >= 0.6 is 0 Å². The highest BCUT2D eigenvalue weighted by atomic mass is 16.1. The zero-order chi connectivity index (χ0) is 11.3. The molecule has 0 unspecified atom stereocenters. The molecule has 5 N–H and O–H groups in total. The number of rotatable bonds is 5. The molecule has 15 heavy (non-hydrogen) atoms. The number of aromatic nitrogens is 1. The molecule has 0 aliphatic carbocycles. The average molecular weight is 208 g/mol. The normalized spacial score (nSPS) is 10.0. The molecule has 1 aromatic heterocycles. The second kappa shape index (κ2) is 5.31. The predicted octanol–water partition coefficient (Wildman–Crippen LogP) is 0.250. The number of primary amides is 1. The summed E-state index contributed by atoms with van der Waals surface area (Å²) >= 11 is 0. The lowest BCUT2D eigenvalue weighted by Crippen LogP contribution is -2.18. The molecule has 0 atom stereocenters. The Hall–Kier alpha value is -1.62.